The van der Waals surface area contributed by atoms with Crippen molar-refractivity contribution in [3.63, 3.8) is 0 Å². The van der Waals surface area contributed by atoms with E-state index in [-0.39, 0.29) is 11.5 Å². The van der Waals surface area contributed by atoms with Crippen LogP contribution in [0.3, 0.4) is 0 Å². The topological polar surface area (TPSA) is 71.5 Å². The molecule has 1 aromatic carbocycles. The highest BCUT2D eigenvalue weighted by atomic mass is 16.1. The van der Waals surface area contributed by atoms with Gasteiger partial charge in [0.15, 0.2) is 0 Å². The fourth-order valence-corrected chi connectivity index (χ4v) is 2.59. The molecule has 3 rings (SSSR count). The van der Waals surface area contributed by atoms with Crippen LogP contribution in [-0.4, -0.2) is 19.9 Å². The first-order chi connectivity index (χ1) is 10.9. The molecule has 0 atom stereocenters. The molecular formula is C18H20N4O. The number of rotatable bonds is 3. The molecule has 0 saturated carbocycles. The van der Waals surface area contributed by atoms with E-state index in [0.717, 1.165) is 22.3 Å². The van der Waals surface area contributed by atoms with Crippen LogP contribution in [0.4, 0.5) is 0 Å². The van der Waals surface area contributed by atoms with Gasteiger partial charge in [-0.25, -0.2) is 15.0 Å². The zero-order chi connectivity index (χ0) is 16.6. The zero-order valence-electron chi connectivity index (χ0n) is 13.8. The van der Waals surface area contributed by atoms with Gasteiger partial charge in [0.25, 0.3) is 5.56 Å². The molecular weight excluding hydrogens is 288 g/mol. The molecule has 3 aromatic rings. The van der Waals surface area contributed by atoms with Crippen LogP contribution in [-0.2, 0) is 6.42 Å². The summed E-state index contributed by atoms with van der Waals surface area (Å²) in [5.41, 5.74) is 3.70. The van der Waals surface area contributed by atoms with E-state index in [2.05, 4.69) is 32.9 Å². The molecule has 0 spiro atoms. The molecule has 0 unspecified atom stereocenters. The van der Waals surface area contributed by atoms with Gasteiger partial charge in [0.1, 0.15) is 11.6 Å². The lowest BCUT2D eigenvalue weighted by Crippen LogP contribution is -2.15. The monoisotopic (exact) mass is 308 g/mol. The van der Waals surface area contributed by atoms with E-state index < -0.39 is 0 Å². The lowest BCUT2D eigenvalue weighted by Gasteiger charge is -2.08. The summed E-state index contributed by atoms with van der Waals surface area (Å²) >= 11 is 0. The first kappa shape index (κ1) is 15.3. The van der Waals surface area contributed by atoms with Gasteiger partial charge in [-0.3, -0.25) is 4.79 Å². The van der Waals surface area contributed by atoms with Crippen molar-refractivity contribution >= 4 is 10.9 Å². The SMILES string of the molecule is Cc1ccc2nc(Cc3nc(C(C)C)cc(=O)[nH]3)nc(C)c2c1. The first-order valence-corrected chi connectivity index (χ1v) is 7.76. The lowest BCUT2D eigenvalue weighted by atomic mass is 10.1. The maximum atomic E-state index is 11.8. The van der Waals surface area contributed by atoms with Gasteiger partial charge in [-0.2, -0.15) is 0 Å². The second-order valence-electron chi connectivity index (χ2n) is 6.19. The lowest BCUT2D eigenvalue weighted by molar-refractivity contribution is 0.775. The second kappa shape index (κ2) is 5.91. The number of aromatic amines is 1. The number of fused-ring (bicyclic) bond motifs is 1. The van der Waals surface area contributed by atoms with E-state index in [0.29, 0.717) is 18.1 Å². The smallest absolute Gasteiger partial charge is 0.251 e. The van der Waals surface area contributed by atoms with Crippen molar-refractivity contribution < 1.29 is 0 Å². The average Bonchev–Trinajstić information content (AvgIpc) is 2.47. The van der Waals surface area contributed by atoms with Crippen LogP contribution < -0.4 is 5.56 Å². The van der Waals surface area contributed by atoms with E-state index in [1.165, 1.54) is 5.56 Å². The van der Waals surface area contributed by atoms with Gasteiger partial charge < -0.3 is 4.98 Å². The third-order valence-corrected chi connectivity index (χ3v) is 3.82. The Hall–Kier alpha value is -2.56. The highest BCUT2D eigenvalue weighted by Crippen LogP contribution is 2.18. The molecule has 5 heteroatoms. The summed E-state index contributed by atoms with van der Waals surface area (Å²) in [6.07, 6.45) is 0.417. The molecule has 0 aliphatic rings. The Labute approximate surface area is 134 Å². The molecule has 23 heavy (non-hydrogen) atoms. The van der Waals surface area contributed by atoms with E-state index in [9.17, 15) is 4.79 Å². The largest absolute Gasteiger partial charge is 0.310 e. The summed E-state index contributed by atoms with van der Waals surface area (Å²) in [4.78, 5) is 28.3. The highest BCUT2D eigenvalue weighted by Gasteiger charge is 2.10. The van der Waals surface area contributed by atoms with E-state index in [1.54, 1.807) is 6.07 Å². The van der Waals surface area contributed by atoms with E-state index in [4.69, 9.17) is 0 Å². The van der Waals surface area contributed by atoms with E-state index >= 15 is 0 Å². The summed E-state index contributed by atoms with van der Waals surface area (Å²) in [7, 11) is 0. The maximum absolute atomic E-state index is 11.8. The minimum atomic E-state index is -0.133. The molecule has 2 heterocycles. The Morgan fingerprint density at radius 1 is 1.09 bits per heavy atom. The van der Waals surface area contributed by atoms with Crippen LogP contribution in [0, 0.1) is 13.8 Å². The number of H-pyrrole nitrogens is 1. The summed E-state index contributed by atoms with van der Waals surface area (Å²) in [5.74, 6) is 1.48. The van der Waals surface area contributed by atoms with E-state index in [1.807, 2.05) is 32.9 Å². The van der Waals surface area contributed by atoms with Crippen LogP contribution in [0.2, 0.25) is 0 Å². The minimum Gasteiger partial charge on any atom is -0.310 e. The van der Waals surface area contributed by atoms with Crippen molar-refractivity contribution in [1.82, 2.24) is 19.9 Å². The summed E-state index contributed by atoms with van der Waals surface area (Å²) in [5, 5.41) is 1.06. The zero-order valence-corrected chi connectivity index (χ0v) is 13.8. The third-order valence-electron chi connectivity index (χ3n) is 3.82. The fourth-order valence-electron chi connectivity index (χ4n) is 2.59. The second-order valence-corrected chi connectivity index (χ2v) is 6.19. The molecule has 0 saturated heterocycles. The summed E-state index contributed by atoms with van der Waals surface area (Å²) in [6, 6.07) is 7.68. The molecule has 2 aromatic heterocycles. The van der Waals surface area contributed by atoms with Crippen molar-refractivity contribution in [3.8, 4) is 0 Å². The number of aromatic nitrogens is 4. The van der Waals surface area contributed by atoms with Gasteiger partial charge in [0.05, 0.1) is 17.6 Å². The van der Waals surface area contributed by atoms with Crippen molar-refractivity contribution in [1.29, 1.82) is 0 Å². The number of nitrogens with zero attached hydrogens (tertiary/aromatic N) is 3. The maximum Gasteiger partial charge on any atom is 0.251 e. The normalized spacial score (nSPS) is 11.3. The Kier molecular flexibility index (Phi) is 3.94. The molecule has 0 aliphatic carbocycles. The van der Waals surface area contributed by atoms with Crippen LogP contribution in [0.15, 0.2) is 29.1 Å². The van der Waals surface area contributed by atoms with Crippen LogP contribution in [0.1, 0.15) is 48.4 Å². The number of aryl methyl sites for hydroxylation is 2. The third kappa shape index (κ3) is 3.28. The number of nitrogens with one attached hydrogen (secondary N) is 1. The summed E-state index contributed by atoms with van der Waals surface area (Å²) < 4.78 is 0. The Morgan fingerprint density at radius 3 is 2.61 bits per heavy atom. The number of benzene rings is 1. The average molecular weight is 308 g/mol. The Balaban J connectivity index is 2.02. The van der Waals surface area contributed by atoms with Gasteiger partial charge >= 0.3 is 0 Å². The van der Waals surface area contributed by atoms with Crippen molar-refractivity contribution in [2.45, 2.75) is 40.0 Å². The van der Waals surface area contributed by atoms with Gasteiger partial charge in [0.2, 0.25) is 0 Å². The summed E-state index contributed by atoms with van der Waals surface area (Å²) in [6.45, 7) is 8.07. The number of hydrogen-bond donors (Lipinski definition) is 1. The Morgan fingerprint density at radius 2 is 1.87 bits per heavy atom. The predicted octanol–water partition coefficient (Wildman–Crippen LogP) is 3.04. The predicted molar refractivity (Wildman–Crippen MR) is 90.8 cm³/mol. The molecule has 0 aliphatic heterocycles. The Bertz CT molecular complexity index is 928. The molecule has 5 nitrogen and oxygen atoms in total. The molecule has 1 N–H and O–H groups in total. The molecule has 0 radical (unpaired) electrons. The molecule has 0 fully saturated rings. The minimum absolute atomic E-state index is 0.133. The van der Waals surface area contributed by atoms with Crippen LogP contribution in [0.5, 0.6) is 0 Å². The van der Waals surface area contributed by atoms with Gasteiger partial charge in [-0.1, -0.05) is 25.5 Å². The van der Waals surface area contributed by atoms with Gasteiger partial charge in [-0.05, 0) is 31.9 Å². The van der Waals surface area contributed by atoms with Gasteiger partial charge in [-0.15, -0.1) is 0 Å². The highest BCUT2D eigenvalue weighted by molar-refractivity contribution is 5.81. The number of hydrogen-bond acceptors (Lipinski definition) is 4. The fraction of sp³-hybridized carbons (Fsp3) is 0.333. The van der Waals surface area contributed by atoms with Crippen molar-refractivity contribution in [3.05, 3.63) is 63.2 Å². The van der Waals surface area contributed by atoms with Crippen molar-refractivity contribution in [2.75, 3.05) is 0 Å². The first-order valence-electron chi connectivity index (χ1n) is 7.76. The van der Waals surface area contributed by atoms with Crippen molar-refractivity contribution in [2.24, 2.45) is 0 Å². The standard InChI is InChI=1S/C18H20N4O/c1-10(2)15-8-18(23)22-17(21-15)9-16-19-12(4)13-7-11(3)5-6-14(13)20-16/h5-8,10H,9H2,1-4H3,(H,21,22,23). The molecule has 0 bridgehead atoms. The molecule has 0 amide bonds. The van der Waals surface area contributed by atoms with Crippen LogP contribution in [0.25, 0.3) is 10.9 Å². The van der Waals surface area contributed by atoms with Crippen LogP contribution >= 0.6 is 0 Å². The quantitative estimate of drug-likeness (QED) is 0.807. The van der Waals surface area contributed by atoms with Gasteiger partial charge in [0, 0.05) is 17.1 Å². The molecule has 118 valence electrons.